The Morgan fingerprint density at radius 1 is 1.21 bits per heavy atom. The van der Waals surface area contributed by atoms with E-state index < -0.39 is 12.4 Å². The van der Waals surface area contributed by atoms with Gasteiger partial charge in [0.1, 0.15) is 5.76 Å². The molecule has 10 heteroatoms. The number of alkyl halides is 2. The van der Waals surface area contributed by atoms with E-state index in [-0.39, 0.29) is 52.4 Å². The predicted molar refractivity (Wildman–Crippen MR) is 98.0 cm³/mol. The highest BCUT2D eigenvalue weighted by Crippen LogP contribution is 2.46. The Hall–Kier alpha value is -2.32. The van der Waals surface area contributed by atoms with Crippen LogP contribution in [0, 0.1) is 0 Å². The van der Waals surface area contributed by atoms with Crippen molar-refractivity contribution in [1.82, 2.24) is 4.98 Å². The number of rotatable bonds is 5. The average Bonchev–Trinajstić information content (AvgIpc) is 3.04. The van der Waals surface area contributed by atoms with Gasteiger partial charge in [0.15, 0.2) is 11.5 Å². The summed E-state index contributed by atoms with van der Waals surface area (Å²) >= 11 is 12.2. The molecule has 0 aromatic carbocycles. The number of ketones is 1. The molecule has 1 aromatic heterocycles. The number of aromatic nitrogens is 1. The number of hydrogen-bond acceptors (Lipinski definition) is 6. The summed E-state index contributed by atoms with van der Waals surface area (Å²) < 4.78 is 47.2. The Labute approximate surface area is 174 Å². The van der Waals surface area contributed by atoms with Crippen molar-refractivity contribution < 1.29 is 32.5 Å². The molecule has 3 heterocycles. The van der Waals surface area contributed by atoms with Crippen LogP contribution in [0.25, 0.3) is 0 Å². The lowest BCUT2D eigenvalue weighted by molar-refractivity contribution is -0.127. The molecule has 0 amide bonds. The van der Waals surface area contributed by atoms with Gasteiger partial charge in [-0.2, -0.15) is 8.78 Å². The summed E-state index contributed by atoms with van der Waals surface area (Å²) in [6.45, 7) is -2.70. The fraction of sp³-hybridized carbons (Fsp3) is 0.368. The van der Waals surface area contributed by atoms with E-state index in [1.54, 1.807) is 0 Å². The van der Waals surface area contributed by atoms with E-state index in [1.165, 1.54) is 24.7 Å². The van der Waals surface area contributed by atoms with Gasteiger partial charge in [-0.25, -0.2) is 0 Å². The Morgan fingerprint density at radius 3 is 2.59 bits per heavy atom. The van der Waals surface area contributed by atoms with Crippen molar-refractivity contribution in [2.24, 2.45) is 0 Å². The molecule has 1 atom stereocenters. The number of allylic oxidation sites excluding steroid dienone is 2. The van der Waals surface area contributed by atoms with Gasteiger partial charge in [0.25, 0.3) is 5.79 Å². The molecule has 6 nitrogen and oxygen atoms in total. The molecule has 1 unspecified atom stereocenters. The first-order valence-electron chi connectivity index (χ1n) is 8.78. The number of fused-ring (bicyclic) bond motifs is 1. The van der Waals surface area contributed by atoms with Crippen molar-refractivity contribution in [1.29, 1.82) is 0 Å². The van der Waals surface area contributed by atoms with Gasteiger partial charge in [-0.15, -0.1) is 0 Å². The number of carbonyl (C=O) groups excluding carboxylic acids is 1. The molecule has 1 saturated heterocycles. The molecule has 0 saturated carbocycles. The summed E-state index contributed by atoms with van der Waals surface area (Å²) in [5, 5.41) is 0.523. The lowest BCUT2D eigenvalue weighted by atomic mass is 9.94. The lowest BCUT2D eigenvalue weighted by Gasteiger charge is -2.25. The van der Waals surface area contributed by atoms with E-state index in [0.717, 1.165) is 0 Å². The first-order chi connectivity index (χ1) is 13.9. The van der Waals surface area contributed by atoms with E-state index in [9.17, 15) is 13.6 Å². The van der Waals surface area contributed by atoms with Crippen LogP contribution in [-0.4, -0.2) is 29.8 Å². The zero-order chi connectivity index (χ0) is 20.6. The summed E-state index contributed by atoms with van der Waals surface area (Å²) in [4.78, 5) is 16.9. The summed E-state index contributed by atoms with van der Waals surface area (Å²) in [7, 11) is 0. The minimum absolute atomic E-state index is 0.0124. The molecule has 4 rings (SSSR count). The van der Waals surface area contributed by atoms with E-state index in [0.29, 0.717) is 24.2 Å². The molecule has 1 aromatic rings. The number of Topliss-reactive ketones (excluding diaryl/α,β-unsaturated/α-hetero) is 1. The van der Waals surface area contributed by atoms with Crippen LogP contribution in [-0.2, 0) is 30.2 Å². The van der Waals surface area contributed by atoms with E-state index in [4.69, 9.17) is 37.4 Å². The summed E-state index contributed by atoms with van der Waals surface area (Å²) in [5.41, 5.74) is 0.739. The Kier molecular flexibility index (Phi) is 5.40. The van der Waals surface area contributed by atoms with Gasteiger partial charge in [-0.3, -0.25) is 9.78 Å². The van der Waals surface area contributed by atoms with Crippen molar-refractivity contribution in [3.8, 4) is 0 Å². The van der Waals surface area contributed by atoms with E-state index >= 15 is 0 Å². The second-order valence-corrected chi connectivity index (χ2v) is 7.37. The van der Waals surface area contributed by atoms with Crippen LogP contribution >= 0.6 is 23.2 Å². The molecule has 154 valence electrons. The van der Waals surface area contributed by atoms with Crippen molar-refractivity contribution in [3.63, 3.8) is 0 Å². The summed E-state index contributed by atoms with van der Waals surface area (Å²) in [5.74, 6) is -1.46. The van der Waals surface area contributed by atoms with Crippen molar-refractivity contribution in [3.05, 3.63) is 63.2 Å². The number of hydrogen-bond donors (Lipinski definition) is 0. The monoisotopic (exact) mass is 445 g/mol. The van der Waals surface area contributed by atoms with Gasteiger partial charge >= 0.3 is 6.61 Å². The van der Waals surface area contributed by atoms with Gasteiger partial charge in [0, 0.05) is 42.4 Å². The maximum absolute atomic E-state index is 13.0. The van der Waals surface area contributed by atoms with E-state index in [1.807, 2.05) is 0 Å². The van der Waals surface area contributed by atoms with Crippen LogP contribution in [0.2, 0.25) is 10.0 Å². The maximum atomic E-state index is 13.0. The predicted octanol–water partition coefficient (Wildman–Crippen LogP) is 4.68. The van der Waals surface area contributed by atoms with Gasteiger partial charge in [0.2, 0.25) is 5.76 Å². The third-order valence-electron chi connectivity index (χ3n) is 4.73. The number of halogens is 4. The molecule has 0 N–H and O–H groups in total. The highest BCUT2D eigenvalue weighted by Gasteiger charge is 2.48. The van der Waals surface area contributed by atoms with Gasteiger partial charge in [-0.1, -0.05) is 23.2 Å². The number of ether oxygens (including phenoxy) is 4. The van der Waals surface area contributed by atoms with E-state index in [2.05, 4.69) is 9.72 Å². The SMILES string of the molecule is O=C(Cc1c(Cl)cncc1Cl)C1=C2OC3(C=COCC3)OC2=C(OC(F)F)CC1. The van der Waals surface area contributed by atoms with Gasteiger partial charge in [0.05, 0.1) is 29.3 Å². The summed E-state index contributed by atoms with van der Waals surface area (Å²) in [6.07, 6.45) is 6.19. The molecule has 1 fully saturated rings. The minimum atomic E-state index is -3.02. The molecule has 3 aliphatic rings. The summed E-state index contributed by atoms with van der Waals surface area (Å²) in [6, 6.07) is 0. The quantitative estimate of drug-likeness (QED) is 0.655. The second kappa shape index (κ2) is 7.84. The fourth-order valence-corrected chi connectivity index (χ4v) is 3.84. The lowest BCUT2D eigenvalue weighted by Crippen LogP contribution is -2.31. The largest absolute Gasteiger partial charge is 0.501 e. The number of carbonyl (C=O) groups is 1. The number of nitrogens with zero attached hydrogens (tertiary/aromatic N) is 1. The van der Waals surface area contributed by atoms with Crippen LogP contribution in [0.3, 0.4) is 0 Å². The Balaban J connectivity index is 1.71. The number of pyridine rings is 1. The molecule has 1 aliphatic carbocycles. The Bertz CT molecular complexity index is 926. The van der Waals surface area contributed by atoms with Crippen LogP contribution < -0.4 is 0 Å². The smallest absolute Gasteiger partial charge is 0.387 e. The maximum Gasteiger partial charge on any atom is 0.387 e. The van der Waals surface area contributed by atoms with Crippen LogP contribution in [0.15, 0.2) is 47.6 Å². The molecule has 0 bridgehead atoms. The van der Waals surface area contributed by atoms with Gasteiger partial charge in [-0.05, 0) is 6.42 Å². The average molecular weight is 446 g/mol. The van der Waals surface area contributed by atoms with Crippen molar-refractivity contribution in [2.75, 3.05) is 6.61 Å². The zero-order valence-electron chi connectivity index (χ0n) is 14.9. The van der Waals surface area contributed by atoms with Crippen LogP contribution in [0.1, 0.15) is 24.8 Å². The standard InChI is InChI=1S/C19H15Cl2F2NO5/c20-12-8-24-9-13(21)11(12)7-14(25)10-1-2-15(27-18(22)23)17-16(10)28-19(29-17)3-5-26-6-4-19/h3,5,8-9,18H,1-2,4,6-7H2. The Morgan fingerprint density at radius 2 is 1.93 bits per heavy atom. The first kappa shape index (κ1) is 20.0. The molecule has 0 radical (unpaired) electrons. The van der Waals surface area contributed by atoms with Gasteiger partial charge < -0.3 is 18.9 Å². The molecule has 1 spiro atoms. The topological polar surface area (TPSA) is 66.9 Å². The molecule has 29 heavy (non-hydrogen) atoms. The molecular formula is C19H15Cl2F2NO5. The zero-order valence-corrected chi connectivity index (χ0v) is 16.4. The van der Waals surface area contributed by atoms with Crippen molar-refractivity contribution in [2.45, 2.75) is 38.1 Å². The van der Waals surface area contributed by atoms with Crippen molar-refractivity contribution >= 4 is 29.0 Å². The highest BCUT2D eigenvalue weighted by atomic mass is 35.5. The molecule has 2 aliphatic heterocycles. The molecular weight excluding hydrogens is 431 g/mol. The first-order valence-corrected chi connectivity index (χ1v) is 9.54. The van der Waals surface area contributed by atoms with Crippen LogP contribution in [0.4, 0.5) is 8.78 Å². The normalized spacial score (nSPS) is 23.1. The third-order valence-corrected chi connectivity index (χ3v) is 5.38. The highest BCUT2D eigenvalue weighted by molar-refractivity contribution is 6.36. The third kappa shape index (κ3) is 3.91. The minimum Gasteiger partial charge on any atom is -0.501 e. The van der Waals surface area contributed by atoms with Crippen LogP contribution in [0.5, 0.6) is 0 Å². The second-order valence-electron chi connectivity index (χ2n) is 6.56. The fourth-order valence-electron chi connectivity index (χ4n) is 3.34.